The lowest BCUT2D eigenvalue weighted by atomic mass is 10.1. The van der Waals surface area contributed by atoms with Crippen LogP contribution >= 0.6 is 0 Å². The number of amides is 2. The van der Waals surface area contributed by atoms with Gasteiger partial charge in [-0.25, -0.2) is 23.8 Å². The lowest BCUT2D eigenvalue weighted by molar-refractivity contribution is 0.0806. The van der Waals surface area contributed by atoms with Crippen LogP contribution in [0.3, 0.4) is 0 Å². The van der Waals surface area contributed by atoms with Gasteiger partial charge >= 0.3 is 6.03 Å². The molecule has 61 heavy (non-hydrogen) atoms. The van der Waals surface area contributed by atoms with Crippen LogP contribution in [-0.2, 0) is 18.9 Å². The number of nitrogen functional groups attached to an aromatic ring is 1. The van der Waals surface area contributed by atoms with E-state index in [-0.39, 0.29) is 19.5 Å². The lowest BCUT2D eigenvalue weighted by Gasteiger charge is -2.28. The summed E-state index contributed by atoms with van der Waals surface area (Å²) in [6, 6.07) is 23.6. The largest absolute Gasteiger partial charge is 0.399 e. The molecule has 0 unspecified atom stereocenters. The molecule has 17 nitrogen and oxygen atoms in total. The van der Waals surface area contributed by atoms with Crippen molar-refractivity contribution in [2.75, 3.05) is 99.9 Å². The van der Waals surface area contributed by atoms with Gasteiger partial charge in [0.05, 0.1) is 26.4 Å². The number of anilines is 4. The number of nitrogens with zero attached hydrogens (tertiary/aromatic N) is 8. The number of fused-ring (bicyclic) bond motifs is 2. The third-order valence-corrected chi connectivity index (χ3v) is 10.8. The van der Waals surface area contributed by atoms with Gasteiger partial charge in [-0.3, -0.25) is 0 Å². The summed E-state index contributed by atoms with van der Waals surface area (Å²) in [5.41, 5.74) is 16.6. The molecule has 10 rings (SSSR count). The molecule has 0 atom stereocenters. The molecule has 2 amide bonds. The molecule has 4 saturated heterocycles. The average molecular weight is 835 g/mol. The molecule has 0 aliphatic carbocycles. The van der Waals surface area contributed by atoms with Crippen molar-refractivity contribution in [2.45, 2.75) is 45.2 Å². The molecular formula is C44H58N12O5. The minimum absolute atomic E-state index is 0. The van der Waals surface area contributed by atoms with Crippen LogP contribution in [0.4, 0.5) is 27.8 Å². The average Bonchev–Trinajstić information content (AvgIpc) is 3.98. The molecule has 6 aromatic rings. The van der Waals surface area contributed by atoms with Gasteiger partial charge in [0.2, 0.25) is 0 Å². The van der Waals surface area contributed by atoms with Crippen molar-refractivity contribution < 1.29 is 23.7 Å². The molecule has 0 bridgehead atoms. The van der Waals surface area contributed by atoms with Gasteiger partial charge in [-0.15, -0.1) is 10.2 Å². The predicted molar refractivity (Wildman–Crippen MR) is 238 cm³/mol. The molecule has 17 heteroatoms. The van der Waals surface area contributed by atoms with E-state index in [9.17, 15) is 4.79 Å². The van der Waals surface area contributed by atoms with Gasteiger partial charge in [0.15, 0.2) is 23.3 Å². The number of morpholine rings is 2. The van der Waals surface area contributed by atoms with E-state index in [2.05, 4.69) is 30.6 Å². The Bertz CT molecular complexity index is 2280. The Kier molecular flexibility index (Phi) is 15.0. The molecular weight excluding hydrogens is 777 g/mol. The fourth-order valence-corrected chi connectivity index (χ4v) is 7.34. The number of ether oxygens (including phenoxy) is 4. The second-order valence-corrected chi connectivity index (χ2v) is 15.0. The molecule has 0 spiro atoms. The molecule has 4 aromatic heterocycles. The summed E-state index contributed by atoms with van der Waals surface area (Å²) in [6.07, 6.45) is 7.65. The second kappa shape index (κ2) is 21.1. The number of hydrogen-bond acceptors (Lipinski definition) is 13. The number of nitrogens with one attached hydrogen (secondary N) is 2. The standard InChI is InChI=1S/C22H26N6O3.C16H17N5O.C5H11NO.CH4/c29-22(24-18-7-12-30-13-8-18)23-17-5-3-16(4-6-17)20-25-21(27-10-14-31-15-11-27)19-2-1-9-28(19)26-20;17-13-5-3-12(4-6-13)15-18-16(20-8-10-22-11-9-20)14-2-1-7-21(14)19-15;6-5-1-3-7-4-2-5;/h1-6,9,18H,7-8,10-15H2,(H2,23,24,29);1-7H,8-11,17H2;5H,1-4,6H2;1H4. The Morgan fingerprint density at radius 2 is 1.05 bits per heavy atom. The van der Waals surface area contributed by atoms with E-state index in [0.717, 1.165) is 123 Å². The van der Waals surface area contributed by atoms with Crippen molar-refractivity contribution in [3.8, 4) is 22.8 Å². The Morgan fingerprint density at radius 1 is 0.607 bits per heavy atom. The zero-order valence-electron chi connectivity index (χ0n) is 33.8. The Hall–Kier alpha value is -5.85. The molecule has 4 fully saturated rings. The van der Waals surface area contributed by atoms with Crippen molar-refractivity contribution in [3.05, 3.63) is 85.2 Å². The Morgan fingerprint density at radius 3 is 1.51 bits per heavy atom. The fraction of sp³-hybridized carbons (Fsp3) is 0.432. The highest BCUT2D eigenvalue weighted by Gasteiger charge is 2.20. The normalized spacial score (nSPS) is 17.4. The lowest BCUT2D eigenvalue weighted by Crippen LogP contribution is -2.41. The number of nitrogens with two attached hydrogens (primary N) is 2. The van der Waals surface area contributed by atoms with Gasteiger partial charge in [-0.1, -0.05) is 7.43 Å². The number of benzene rings is 2. The monoisotopic (exact) mass is 834 g/mol. The first-order valence-electron chi connectivity index (χ1n) is 20.8. The molecule has 4 aliphatic rings. The smallest absolute Gasteiger partial charge is 0.319 e. The van der Waals surface area contributed by atoms with Crippen LogP contribution in [0.5, 0.6) is 0 Å². The van der Waals surface area contributed by atoms with Crippen molar-refractivity contribution in [1.82, 2.24) is 34.5 Å². The second-order valence-electron chi connectivity index (χ2n) is 15.0. The predicted octanol–water partition coefficient (Wildman–Crippen LogP) is 5.11. The van der Waals surface area contributed by atoms with E-state index in [1.54, 1.807) is 0 Å². The highest BCUT2D eigenvalue weighted by Crippen LogP contribution is 2.27. The molecule has 0 saturated carbocycles. The van der Waals surface area contributed by atoms with Gasteiger partial charge in [0.1, 0.15) is 11.0 Å². The summed E-state index contributed by atoms with van der Waals surface area (Å²) in [7, 11) is 0. The van der Waals surface area contributed by atoms with Crippen molar-refractivity contribution in [2.24, 2.45) is 5.73 Å². The van der Waals surface area contributed by atoms with Crippen LogP contribution in [0, 0.1) is 0 Å². The molecule has 4 aliphatic heterocycles. The van der Waals surface area contributed by atoms with Crippen LogP contribution in [-0.4, -0.2) is 126 Å². The minimum Gasteiger partial charge on any atom is -0.399 e. The van der Waals surface area contributed by atoms with E-state index in [4.69, 9.17) is 40.4 Å². The van der Waals surface area contributed by atoms with Crippen molar-refractivity contribution >= 4 is 40.1 Å². The van der Waals surface area contributed by atoms with Gasteiger partial charge in [-0.05, 0) is 98.5 Å². The topological polar surface area (TPSA) is 197 Å². The first kappa shape index (κ1) is 43.2. The van der Waals surface area contributed by atoms with Crippen molar-refractivity contribution in [3.63, 3.8) is 0 Å². The number of carbonyl (C=O) groups excluding carboxylic acids is 1. The molecule has 324 valence electrons. The minimum atomic E-state index is -0.195. The van der Waals surface area contributed by atoms with Gasteiger partial charge in [0, 0.05) is 99.6 Å². The quantitative estimate of drug-likeness (QED) is 0.162. The molecule has 0 radical (unpaired) electrons. The maximum Gasteiger partial charge on any atom is 0.319 e. The number of hydrogen-bond donors (Lipinski definition) is 4. The zero-order chi connectivity index (χ0) is 41.1. The van der Waals surface area contributed by atoms with Crippen LogP contribution in [0.25, 0.3) is 33.8 Å². The van der Waals surface area contributed by atoms with Gasteiger partial charge in [-0.2, -0.15) is 0 Å². The van der Waals surface area contributed by atoms with Crippen molar-refractivity contribution in [1.29, 1.82) is 0 Å². The number of carbonyl (C=O) groups is 1. The third-order valence-electron chi connectivity index (χ3n) is 10.8. The summed E-state index contributed by atoms with van der Waals surface area (Å²) in [6.45, 7) is 9.27. The van der Waals surface area contributed by atoms with E-state index >= 15 is 0 Å². The summed E-state index contributed by atoms with van der Waals surface area (Å²) in [5, 5.41) is 15.2. The summed E-state index contributed by atoms with van der Waals surface area (Å²) < 4.78 is 25.1. The summed E-state index contributed by atoms with van der Waals surface area (Å²) >= 11 is 0. The Balaban J connectivity index is 0.000000162. The van der Waals surface area contributed by atoms with Crippen LogP contribution < -0.4 is 31.9 Å². The first-order valence-corrected chi connectivity index (χ1v) is 20.8. The Labute approximate surface area is 356 Å². The highest BCUT2D eigenvalue weighted by molar-refractivity contribution is 5.89. The summed E-state index contributed by atoms with van der Waals surface area (Å²) in [4.78, 5) is 26.4. The van der Waals surface area contributed by atoms with E-state index in [1.165, 1.54) is 0 Å². The molecule has 2 aromatic carbocycles. The molecule has 8 heterocycles. The maximum atomic E-state index is 12.3. The van der Waals surface area contributed by atoms with E-state index in [0.29, 0.717) is 44.1 Å². The number of rotatable bonds is 6. The SMILES string of the molecule is C.NC1CCOCC1.Nc1ccc(-c2nc(N3CCOCC3)c3cccn3n2)cc1.O=C(Nc1ccc(-c2nc(N3CCOCC3)c3cccn3n2)cc1)NC1CCOCC1. The van der Waals surface area contributed by atoms with E-state index in [1.807, 2.05) is 94.2 Å². The third kappa shape index (κ3) is 11.3. The maximum absolute atomic E-state index is 12.3. The van der Waals surface area contributed by atoms with E-state index < -0.39 is 0 Å². The number of urea groups is 1. The summed E-state index contributed by atoms with van der Waals surface area (Å²) in [5.74, 6) is 3.21. The highest BCUT2D eigenvalue weighted by atomic mass is 16.5. The van der Waals surface area contributed by atoms with Crippen LogP contribution in [0.2, 0.25) is 0 Å². The fourth-order valence-electron chi connectivity index (χ4n) is 7.34. The van der Waals surface area contributed by atoms with Gasteiger partial charge in [0.25, 0.3) is 0 Å². The first-order chi connectivity index (χ1) is 29.5. The zero-order valence-corrected chi connectivity index (χ0v) is 33.8. The van der Waals surface area contributed by atoms with Gasteiger partial charge < -0.3 is 50.8 Å². The van der Waals surface area contributed by atoms with Crippen LogP contribution in [0.1, 0.15) is 33.1 Å². The molecule has 6 N–H and O–H groups in total. The number of aromatic nitrogens is 6. The van der Waals surface area contributed by atoms with Crippen LogP contribution in [0.15, 0.2) is 85.2 Å².